The molecular formula is C12H15ClO2Se. The maximum atomic E-state index is 11.8. The maximum absolute atomic E-state index is 11.8. The Kier molecular flexibility index (Phi) is 5.33. The van der Waals surface area contributed by atoms with Crippen LogP contribution in [0.15, 0.2) is 30.3 Å². The Morgan fingerprint density at radius 1 is 1.38 bits per heavy atom. The third-order valence-electron chi connectivity index (χ3n) is 2.06. The molecule has 16 heavy (non-hydrogen) atoms. The zero-order valence-electron chi connectivity index (χ0n) is 9.40. The predicted octanol–water partition coefficient (Wildman–Crippen LogP) is 1.92. The van der Waals surface area contributed by atoms with Crippen LogP contribution in [0, 0.1) is 0 Å². The summed E-state index contributed by atoms with van der Waals surface area (Å²) in [6, 6.07) is 9.84. The van der Waals surface area contributed by atoms with E-state index in [4.69, 9.17) is 16.3 Å². The van der Waals surface area contributed by atoms with E-state index >= 15 is 0 Å². The number of carbonyl (C=O) groups excluding carboxylic acids is 1. The van der Waals surface area contributed by atoms with E-state index in [2.05, 4.69) is 0 Å². The summed E-state index contributed by atoms with van der Waals surface area (Å²) in [4.78, 5) is 11.8. The summed E-state index contributed by atoms with van der Waals surface area (Å²) < 4.78 is 5.26. The molecule has 0 spiro atoms. The molecule has 0 fully saturated rings. The van der Waals surface area contributed by atoms with Crippen LogP contribution in [-0.2, 0) is 9.53 Å². The van der Waals surface area contributed by atoms with Crippen LogP contribution >= 0.6 is 11.6 Å². The monoisotopic (exact) mass is 306 g/mol. The first-order valence-corrected chi connectivity index (χ1v) is 7.31. The van der Waals surface area contributed by atoms with Crippen LogP contribution in [0.2, 0.25) is 0 Å². The number of hydrogen-bond acceptors (Lipinski definition) is 2. The predicted molar refractivity (Wildman–Crippen MR) is 67.3 cm³/mol. The van der Waals surface area contributed by atoms with Crippen LogP contribution in [-0.4, -0.2) is 31.3 Å². The Hall–Kier alpha value is -0.501. The van der Waals surface area contributed by atoms with Gasteiger partial charge in [0.1, 0.15) is 0 Å². The molecule has 0 saturated heterocycles. The van der Waals surface area contributed by atoms with Crippen LogP contribution in [0.1, 0.15) is 20.3 Å². The van der Waals surface area contributed by atoms with E-state index in [0.717, 1.165) is 4.46 Å². The van der Waals surface area contributed by atoms with E-state index in [1.54, 1.807) is 6.92 Å². The molecule has 1 aromatic carbocycles. The first kappa shape index (κ1) is 13.6. The van der Waals surface area contributed by atoms with Gasteiger partial charge in [0.05, 0.1) is 0 Å². The van der Waals surface area contributed by atoms with Gasteiger partial charge in [-0.2, -0.15) is 0 Å². The summed E-state index contributed by atoms with van der Waals surface area (Å²) >= 11 is 6.23. The fourth-order valence-corrected chi connectivity index (χ4v) is 3.69. The molecule has 0 aliphatic rings. The summed E-state index contributed by atoms with van der Waals surface area (Å²) in [6.45, 7) is 4.08. The van der Waals surface area contributed by atoms with E-state index < -0.39 is 3.77 Å². The van der Waals surface area contributed by atoms with Crippen molar-refractivity contribution < 1.29 is 9.53 Å². The van der Waals surface area contributed by atoms with E-state index in [1.165, 1.54) is 0 Å². The number of benzene rings is 1. The summed E-state index contributed by atoms with van der Waals surface area (Å²) in [6.07, 6.45) is 0.586. The molecule has 0 radical (unpaired) electrons. The molecule has 1 atom stereocenters. The first-order chi connectivity index (χ1) is 7.62. The summed E-state index contributed by atoms with van der Waals surface area (Å²) in [5.41, 5.74) is 0. The van der Waals surface area contributed by atoms with Gasteiger partial charge in [-0.25, -0.2) is 0 Å². The molecule has 1 aromatic rings. The topological polar surface area (TPSA) is 26.3 Å². The average Bonchev–Trinajstić information content (AvgIpc) is 2.30. The van der Waals surface area contributed by atoms with Crippen molar-refractivity contribution in [2.24, 2.45) is 0 Å². The second-order valence-electron chi connectivity index (χ2n) is 3.22. The normalized spacial score (nSPS) is 14.2. The Morgan fingerprint density at radius 2 is 2.00 bits per heavy atom. The molecule has 0 aliphatic carbocycles. The Labute approximate surface area is 107 Å². The fraction of sp³-hybridized carbons (Fsp3) is 0.417. The fourth-order valence-electron chi connectivity index (χ4n) is 1.17. The van der Waals surface area contributed by atoms with Crippen molar-refractivity contribution in [1.29, 1.82) is 0 Å². The minimum atomic E-state index is -0.871. The Morgan fingerprint density at radius 3 is 2.50 bits per heavy atom. The van der Waals surface area contributed by atoms with Gasteiger partial charge in [-0.05, 0) is 0 Å². The van der Waals surface area contributed by atoms with Gasteiger partial charge in [0.2, 0.25) is 0 Å². The molecule has 2 nitrogen and oxygen atoms in total. The molecule has 1 unspecified atom stereocenters. The average molecular weight is 306 g/mol. The van der Waals surface area contributed by atoms with Crippen molar-refractivity contribution in [3.63, 3.8) is 0 Å². The van der Waals surface area contributed by atoms with Crippen molar-refractivity contribution in [2.75, 3.05) is 6.61 Å². The van der Waals surface area contributed by atoms with Gasteiger partial charge in [-0.1, -0.05) is 0 Å². The van der Waals surface area contributed by atoms with Crippen LogP contribution in [0.4, 0.5) is 0 Å². The minimum absolute atomic E-state index is 0.114. The number of hydrogen-bond donors (Lipinski definition) is 0. The molecule has 0 bridgehead atoms. The molecule has 0 amide bonds. The van der Waals surface area contributed by atoms with Crippen LogP contribution in [0.3, 0.4) is 0 Å². The molecule has 0 heterocycles. The summed E-state index contributed by atoms with van der Waals surface area (Å²) in [5.74, 6) is -0.303. The SMILES string of the molecule is CCOC(=O)C(Cl)(CC)[Se]c1ccccc1. The zero-order valence-corrected chi connectivity index (χ0v) is 11.9. The molecule has 0 aliphatic heterocycles. The van der Waals surface area contributed by atoms with Crippen molar-refractivity contribution in [3.8, 4) is 0 Å². The standard InChI is InChI=1S/C12H15ClO2Se/c1-3-12(13,11(14)15-4-2)16-10-8-6-5-7-9-10/h5-9H,3-4H2,1-2H3. The van der Waals surface area contributed by atoms with Crippen molar-refractivity contribution in [3.05, 3.63) is 30.3 Å². The number of ether oxygens (including phenoxy) is 1. The third-order valence-corrected chi connectivity index (χ3v) is 5.58. The molecule has 0 aromatic heterocycles. The van der Waals surface area contributed by atoms with Gasteiger partial charge < -0.3 is 0 Å². The van der Waals surface area contributed by atoms with Gasteiger partial charge in [0.15, 0.2) is 0 Å². The summed E-state index contributed by atoms with van der Waals surface area (Å²) in [7, 11) is 0. The number of esters is 1. The molecule has 4 heteroatoms. The number of rotatable bonds is 5. The van der Waals surface area contributed by atoms with Gasteiger partial charge in [-0.15, -0.1) is 0 Å². The van der Waals surface area contributed by atoms with E-state index in [1.807, 2.05) is 37.3 Å². The van der Waals surface area contributed by atoms with Gasteiger partial charge in [0.25, 0.3) is 0 Å². The quantitative estimate of drug-likeness (QED) is 0.472. The van der Waals surface area contributed by atoms with Crippen molar-refractivity contribution >= 4 is 37.0 Å². The van der Waals surface area contributed by atoms with E-state index in [-0.39, 0.29) is 20.9 Å². The third kappa shape index (κ3) is 3.51. The van der Waals surface area contributed by atoms with Crippen molar-refractivity contribution in [1.82, 2.24) is 0 Å². The first-order valence-electron chi connectivity index (χ1n) is 5.22. The van der Waals surface area contributed by atoms with E-state index in [0.29, 0.717) is 13.0 Å². The Bertz CT molecular complexity index is 342. The van der Waals surface area contributed by atoms with Gasteiger partial charge in [-0.3, -0.25) is 0 Å². The van der Waals surface area contributed by atoms with E-state index in [9.17, 15) is 4.79 Å². The molecule has 1 rings (SSSR count). The van der Waals surface area contributed by atoms with Crippen LogP contribution in [0.5, 0.6) is 0 Å². The number of halogens is 1. The van der Waals surface area contributed by atoms with Gasteiger partial charge >= 0.3 is 107 Å². The molecular weight excluding hydrogens is 291 g/mol. The molecule has 0 N–H and O–H groups in total. The van der Waals surface area contributed by atoms with Crippen LogP contribution in [0.25, 0.3) is 0 Å². The number of carbonyl (C=O) groups is 1. The second-order valence-corrected chi connectivity index (χ2v) is 7.25. The van der Waals surface area contributed by atoms with Gasteiger partial charge in [0, 0.05) is 0 Å². The van der Waals surface area contributed by atoms with Crippen molar-refractivity contribution in [2.45, 2.75) is 24.0 Å². The molecule has 0 saturated carbocycles. The summed E-state index contributed by atoms with van der Waals surface area (Å²) in [5, 5.41) is 0. The zero-order chi connectivity index (χ0) is 12.0. The Balaban J connectivity index is 2.78. The van der Waals surface area contributed by atoms with Crippen LogP contribution < -0.4 is 4.46 Å². The molecule has 88 valence electrons. The number of alkyl halides is 1. The second kappa shape index (κ2) is 6.29.